The van der Waals surface area contributed by atoms with Crippen LogP contribution in [0.1, 0.15) is 35.5 Å². The van der Waals surface area contributed by atoms with E-state index in [0.29, 0.717) is 17.4 Å². The Labute approximate surface area is 215 Å². The van der Waals surface area contributed by atoms with Crippen molar-refractivity contribution >= 4 is 17.3 Å². The third kappa shape index (κ3) is 4.53. The predicted octanol–water partition coefficient (Wildman–Crippen LogP) is 6.07. The van der Waals surface area contributed by atoms with E-state index in [9.17, 15) is 4.79 Å². The molecule has 0 fully saturated rings. The number of urea groups is 1. The van der Waals surface area contributed by atoms with E-state index < -0.39 is 6.04 Å². The van der Waals surface area contributed by atoms with E-state index >= 15 is 0 Å². The van der Waals surface area contributed by atoms with E-state index in [1.807, 2.05) is 87.5 Å². The predicted molar refractivity (Wildman–Crippen MR) is 142 cm³/mol. The summed E-state index contributed by atoms with van der Waals surface area (Å²) in [6, 6.07) is 20.2. The molecular formula is C29H28N4O4. The van der Waals surface area contributed by atoms with Crippen LogP contribution >= 0.6 is 0 Å². The molecule has 0 aliphatic carbocycles. The molecule has 188 valence electrons. The zero-order valence-electron chi connectivity index (χ0n) is 21.4. The van der Waals surface area contributed by atoms with Crippen LogP contribution in [0.4, 0.5) is 10.5 Å². The topological polar surface area (TPSA) is 89.7 Å². The van der Waals surface area contributed by atoms with Gasteiger partial charge in [0.05, 0.1) is 31.5 Å². The minimum Gasteiger partial charge on any atom is -0.497 e. The van der Waals surface area contributed by atoms with Crippen LogP contribution in [0.25, 0.3) is 17.0 Å². The lowest BCUT2D eigenvalue weighted by Gasteiger charge is -2.35. The van der Waals surface area contributed by atoms with Gasteiger partial charge in [-0.1, -0.05) is 23.4 Å². The van der Waals surface area contributed by atoms with Crippen LogP contribution in [0.3, 0.4) is 0 Å². The quantitative estimate of drug-likeness (QED) is 0.348. The van der Waals surface area contributed by atoms with Gasteiger partial charge in [-0.15, -0.1) is 0 Å². The molecule has 0 saturated carbocycles. The van der Waals surface area contributed by atoms with Gasteiger partial charge in [0.1, 0.15) is 11.5 Å². The summed E-state index contributed by atoms with van der Waals surface area (Å²) in [5.41, 5.74) is 6.09. The van der Waals surface area contributed by atoms with Crippen LogP contribution in [0.15, 0.2) is 77.0 Å². The molecule has 37 heavy (non-hydrogen) atoms. The van der Waals surface area contributed by atoms with Crippen LogP contribution < -0.4 is 19.7 Å². The minimum atomic E-state index is -0.495. The van der Waals surface area contributed by atoms with Crippen molar-refractivity contribution in [1.82, 2.24) is 15.5 Å². The van der Waals surface area contributed by atoms with Gasteiger partial charge in [0.15, 0.2) is 0 Å². The number of allylic oxidation sites excluding steroid dienone is 1. The van der Waals surface area contributed by atoms with Crippen molar-refractivity contribution in [2.24, 2.45) is 0 Å². The first-order chi connectivity index (χ1) is 17.9. The van der Waals surface area contributed by atoms with Crippen LogP contribution in [0.2, 0.25) is 0 Å². The number of nitrogens with zero attached hydrogens (tertiary/aromatic N) is 3. The average molecular weight is 497 g/mol. The Morgan fingerprint density at radius 3 is 2.14 bits per heavy atom. The highest BCUT2D eigenvalue weighted by atomic mass is 16.5. The van der Waals surface area contributed by atoms with E-state index in [4.69, 9.17) is 19.0 Å². The maximum absolute atomic E-state index is 13.4. The summed E-state index contributed by atoms with van der Waals surface area (Å²) in [7, 11) is 3.24. The molecule has 0 bridgehead atoms. The Balaban J connectivity index is 1.63. The molecule has 3 aromatic carbocycles. The fourth-order valence-corrected chi connectivity index (χ4v) is 4.43. The molecule has 1 atom stereocenters. The van der Waals surface area contributed by atoms with Crippen molar-refractivity contribution in [2.45, 2.75) is 26.8 Å². The van der Waals surface area contributed by atoms with Crippen LogP contribution in [0, 0.1) is 13.8 Å². The van der Waals surface area contributed by atoms with Gasteiger partial charge in [-0.25, -0.2) is 4.79 Å². The Kier molecular flexibility index (Phi) is 6.40. The van der Waals surface area contributed by atoms with Crippen molar-refractivity contribution in [3.8, 4) is 22.9 Å². The number of hydrogen-bond donors (Lipinski definition) is 1. The Bertz CT molecular complexity index is 1470. The van der Waals surface area contributed by atoms with Crippen LogP contribution in [0.5, 0.6) is 11.5 Å². The molecule has 0 radical (unpaired) electrons. The molecule has 1 aliphatic rings. The van der Waals surface area contributed by atoms with Crippen molar-refractivity contribution < 1.29 is 18.8 Å². The van der Waals surface area contributed by atoms with Gasteiger partial charge in [0.2, 0.25) is 5.82 Å². The van der Waals surface area contributed by atoms with Gasteiger partial charge in [-0.3, -0.25) is 4.90 Å². The minimum absolute atomic E-state index is 0.236. The van der Waals surface area contributed by atoms with Crippen molar-refractivity contribution in [3.63, 3.8) is 0 Å². The number of benzene rings is 3. The normalized spacial score (nSPS) is 15.5. The maximum atomic E-state index is 13.4. The largest absolute Gasteiger partial charge is 0.497 e. The molecule has 4 aromatic rings. The number of aromatic nitrogens is 2. The molecule has 1 unspecified atom stereocenters. The van der Waals surface area contributed by atoms with Gasteiger partial charge in [0, 0.05) is 11.3 Å². The lowest BCUT2D eigenvalue weighted by atomic mass is 9.94. The van der Waals surface area contributed by atoms with Gasteiger partial charge in [-0.05, 0) is 86.0 Å². The highest BCUT2D eigenvalue weighted by Gasteiger charge is 2.36. The second-order valence-electron chi connectivity index (χ2n) is 8.91. The number of aryl methyl sites for hydroxylation is 2. The Morgan fingerprint density at radius 1 is 0.865 bits per heavy atom. The fraction of sp³-hybridized carbons (Fsp3) is 0.207. The number of nitrogens with one attached hydrogen (secondary N) is 1. The summed E-state index contributed by atoms with van der Waals surface area (Å²) in [4.78, 5) is 19.8. The molecule has 2 amide bonds. The number of carbonyl (C=O) groups is 1. The Morgan fingerprint density at radius 2 is 1.51 bits per heavy atom. The van der Waals surface area contributed by atoms with Gasteiger partial charge < -0.3 is 19.3 Å². The maximum Gasteiger partial charge on any atom is 0.326 e. The summed E-state index contributed by atoms with van der Waals surface area (Å²) < 4.78 is 16.4. The third-order valence-corrected chi connectivity index (χ3v) is 6.69. The molecule has 0 saturated heterocycles. The monoisotopic (exact) mass is 496 g/mol. The average Bonchev–Trinajstić information content (AvgIpc) is 3.40. The molecule has 0 spiro atoms. The molecule has 8 heteroatoms. The van der Waals surface area contributed by atoms with Crippen molar-refractivity contribution in [1.29, 1.82) is 0 Å². The molecule has 1 N–H and O–H groups in total. The number of rotatable bonds is 6. The first-order valence-corrected chi connectivity index (χ1v) is 11.9. The van der Waals surface area contributed by atoms with Gasteiger partial charge in [-0.2, -0.15) is 4.98 Å². The second-order valence-corrected chi connectivity index (χ2v) is 8.91. The number of hydrogen-bond acceptors (Lipinski definition) is 6. The summed E-state index contributed by atoms with van der Waals surface area (Å²) in [6.07, 6.45) is 0. The highest BCUT2D eigenvalue weighted by molar-refractivity contribution is 6.01. The lowest BCUT2D eigenvalue weighted by molar-refractivity contribution is 0.244. The molecular weight excluding hydrogens is 468 g/mol. The van der Waals surface area contributed by atoms with Crippen LogP contribution in [-0.2, 0) is 0 Å². The molecule has 5 rings (SSSR count). The number of amides is 2. The fourth-order valence-electron chi connectivity index (χ4n) is 4.43. The van der Waals surface area contributed by atoms with Gasteiger partial charge >= 0.3 is 6.03 Å². The van der Waals surface area contributed by atoms with E-state index in [-0.39, 0.29) is 6.03 Å². The highest BCUT2D eigenvalue weighted by Crippen LogP contribution is 2.39. The standard InChI is InChI=1S/C29H28N4O4/c1-17-6-11-22(16-18(17)2)33-19(3)25(26(30-29(33)34)20-7-12-23(35-4)13-8-20)28-31-27(32-37-28)21-9-14-24(36-5)15-10-21/h6-16,26H,1-5H3,(H,30,34). The molecule has 8 nitrogen and oxygen atoms in total. The van der Waals surface area contributed by atoms with E-state index in [1.165, 1.54) is 0 Å². The smallest absolute Gasteiger partial charge is 0.326 e. The van der Waals surface area contributed by atoms with E-state index in [2.05, 4.69) is 10.5 Å². The van der Waals surface area contributed by atoms with E-state index in [0.717, 1.165) is 45.0 Å². The zero-order chi connectivity index (χ0) is 26.1. The summed E-state index contributed by atoms with van der Waals surface area (Å²) in [5, 5.41) is 7.38. The zero-order valence-corrected chi connectivity index (χ0v) is 21.4. The molecule has 2 heterocycles. The number of anilines is 1. The third-order valence-electron chi connectivity index (χ3n) is 6.69. The summed E-state index contributed by atoms with van der Waals surface area (Å²) in [5.74, 6) is 2.24. The first-order valence-electron chi connectivity index (χ1n) is 11.9. The number of methoxy groups -OCH3 is 2. The first kappa shape index (κ1) is 24.1. The lowest BCUT2D eigenvalue weighted by Crippen LogP contribution is -2.46. The summed E-state index contributed by atoms with van der Waals surface area (Å²) >= 11 is 0. The molecule has 1 aliphatic heterocycles. The number of carbonyl (C=O) groups excluding carboxylic acids is 1. The van der Waals surface area contributed by atoms with Gasteiger partial charge in [0.25, 0.3) is 5.89 Å². The summed E-state index contributed by atoms with van der Waals surface area (Å²) in [6.45, 7) is 5.97. The molecule has 1 aromatic heterocycles. The SMILES string of the molecule is COc1ccc(-c2noc(C3=C(C)N(c4ccc(C)c(C)c4)C(=O)NC3c3ccc(OC)cc3)n2)cc1. The Hall–Kier alpha value is -4.59. The van der Waals surface area contributed by atoms with E-state index in [1.54, 1.807) is 19.1 Å². The second kappa shape index (κ2) is 9.81. The van der Waals surface area contributed by atoms with Crippen molar-refractivity contribution in [2.75, 3.05) is 19.1 Å². The van der Waals surface area contributed by atoms with Crippen LogP contribution in [-0.4, -0.2) is 30.4 Å². The van der Waals surface area contributed by atoms with Crippen molar-refractivity contribution in [3.05, 3.63) is 95.0 Å². The number of ether oxygens (including phenoxy) is 2.